The van der Waals surface area contributed by atoms with Crippen LogP contribution >= 0.6 is 0 Å². The fourth-order valence-corrected chi connectivity index (χ4v) is 2.96. The highest BCUT2D eigenvalue weighted by molar-refractivity contribution is 5.53. The van der Waals surface area contributed by atoms with E-state index in [9.17, 15) is 5.53 Å². The lowest BCUT2D eigenvalue weighted by Crippen LogP contribution is -2.26. The highest BCUT2D eigenvalue weighted by Gasteiger charge is 2.35. The molecule has 0 aliphatic rings. The second-order valence-corrected chi connectivity index (χ2v) is 5.46. The van der Waals surface area contributed by atoms with Gasteiger partial charge in [0.15, 0.2) is 0 Å². The first kappa shape index (κ1) is 15.6. The van der Waals surface area contributed by atoms with Crippen molar-refractivity contribution in [3.8, 4) is 0 Å². The van der Waals surface area contributed by atoms with E-state index < -0.39 is 5.54 Å². The van der Waals surface area contributed by atoms with Crippen molar-refractivity contribution in [2.45, 2.75) is 5.54 Å². The van der Waals surface area contributed by atoms with Crippen LogP contribution in [0.2, 0.25) is 0 Å². The summed E-state index contributed by atoms with van der Waals surface area (Å²) in [6, 6.07) is 27.6. The molecule has 0 aliphatic heterocycles. The fourth-order valence-electron chi connectivity index (χ4n) is 2.96. The Morgan fingerprint density at radius 2 is 1.21 bits per heavy atom. The number of hydrogen-bond acceptors (Lipinski definition) is 1. The lowest BCUT2D eigenvalue weighted by atomic mass is 9.77. The Kier molecular flexibility index (Phi) is 4.46. The van der Waals surface area contributed by atoms with Crippen LogP contribution < -0.4 is 0 Å². The number of hydrogen-bond donors (Lipinski definition) is 0. The molecule has 116 valence electrons. The second-order valence-electron chi connectivity index (χ2n) is 5.46. The van der Waals surface area contributed by atoms with Crippen molar-refractivity contribution in [2.24, 2.45) is 5.11 Å². The van der Waals surface area contributed by atoms with Gasteiger partial charge in [-0.25, -0.2) is 0 Å². The molecule has 0 bridgehead atoms. The minimum Gasteiger partial charge on any atom is -0.0985 e. The molecule has 3 aromatic rings. The summed E-state index contributed by atoms with van der Waals surface area (Å²) >= 11 is 0. The predicted octanol–water partition coefficient (Wildman–Crippen LogP) is 5.93. The Bertz CT molecular complexity index is 822. The van der Waals surface area contributed by atoms with Gasteiger partial charge in [0.1, 0.15) is 5.54 Å². The summed E-state index contributed by atoms with van der Waals surface area (Å²) in [5.74, 6) is 0. The molecule has 3 rings (SSSR count). The van der Waals surface area contributed by atoms with Crippen molar-refractivity contribution in [3.63, 3.8) is 0 Å². The predicted molar refractivity (Wildman–Crippen MR) is 98.4 cm³/mol. The summed E-state index contributed by atoms with van der Waals surface area (Å²) in [4.78, 5) is 3.18. The minimum atomic E-state index is -0.906. The summed E-state index contributed by atoms with van der Waals surface area (Å²) in [5, 5.41) is 4.28. The van der Waals surface area contributed by atoms with E-state index in [1.165, 1.54) is 0 Å². The second kappa shape index (κ2) is 6.86. The highest BCUT2D eigenvalue weighted by Crippen LogP contribution is 2.40. The maximum atomic E-state index is 9.33. The van der Waals surface area contributed by atoms with Gasteiger partial charge in [-0.3, -0.25) is 0 Å². The summed E-state index contributed by atoms with van der Waals surface area (Å²) in [5.41, 5.74) is 12.2. The quantitative estimate of drug-likeness (QED) is 0.243. The molecule has 24 heavy (non-hydrogen) atoms. The molecule has 3 nitrogen and oxygen atoms in total. The van der Waals surface area contributed by atoms with Crippen LogP contribution in [0.1, 0.15) is 22.3 Å². The molecule has 0 saturated carbocycles. The Balaban J connectivity index is 2.33. The van der Waals surface area contributed by atoms with Crippen LogP contribution in [0.5, 0.6) is 0 Å². The van der Waals surface area contributed by atoms with Crippen molar-refractivity contribution >= 4 is 6.08 Å². The molecule has 0 saturated heterocycles. The standard InChI is InChI=1S/C21H17N3/c1-2-17-13-15-20(16-14-17)21(23-24-22,18-9-5-3-6-10-18)19-11-7-4-8-12-19/h2-16H,1H2. The largest absolute Gasteiger partial charge is 0.124 e. The maximum Gasteiger partial charge on any atom is 0.124 e. The third-order valence-corrected chi connectivity index (χ3v) is 4.14. The van der Waals surface area contributed by atoms with E-state index in [4.69, 9.17) is 0 Å². The molecule has 0 N–H and O–H groups in total. The molecule has 0 amide bonds. The van der Waals surface area contributed by atoms with Crippen LogP contribution in [0.25, 0.3) is 16.5 Å². The number of benzene rings is 3. The average Bonchev–Trinajstić information content (AvgIpc) is 2.68. The number of nitrogens with zero attached hydrogens (tertiary/aromatic N) is 3. The SMILES string of the molecule is C=Cc1ccc(C(N=[N+]=[N-])(c2ccccc2)c2ccccc2)cc1. The zero-order valence-electron chi connectivity index (χ0n) is 13.2. The first-order chi connectivity index (χ1) is 11.8. The third-order valence-electron chi connectivity index (χ3n) is 4.14. The van der Waals surface area contributed by atoms with Gasteiger partial charge in [0.25, 0.3) is 0 Å². The molecule has 0 fully saturated rings. The van der Waals surface area contributed by atoms with E-state index in [-0.39, 0.29) is 0 Å². The maximum absolute atomic E-state index is 9.33. The van der Waals surface area contributed by atoms with E-state index in [1.807, 2.05) is 84.9 Å². The van der Waals surface area contributed by atoms with Gasteiger partial charge in [0.05, 0.1) is 0 Å². The molecule has 0 unspecified atom stereocenters. The van der Waals surface area contributed by atoms with Crippen molar-refractivity contribution in [1.82, 2.24) is 0 Å². The number of azide groups is 1. The lowest BCUT2D eigenvalue weighted by molar-refractivity contribution is 0.647. The Morgan fingerprint density at radius 3 is 1.62 bits per heavy atom. The monoisotopic (exact) mass is 311 g/mol. The van der Waals surface area contributed by atoms with Crippen LogP contribution in [0.15, 0.2) is 96.6 Å². The summed E-state index contributed by atoms with van der Waals surface area (Å²) in [7, 11) is 0. The van der Waals surface area contributed by atoms with Crippen molar-refractivity contribution < 1.29 is 0 Å². The van der Waals surface area contributed by atoms with Gasteiger partial charge in [-0.05, 0) is 27.8 Å². The summed E-state index contributed by atoms with van der Waals surface area (Å²) < 4.78 is 0. The van der Waals surface area contributed by atoms with E-state index in [1.54, 1.807) is 6.08 Å². The third kappa shape index (κ3) is 2.69. The van der Waals surface area contributed by atoms with Gasteiger partial charge in [-0.15, -0.1) is 0 Å². The molecule has 0 spiro atoms. The van der Waals surface area contributed by atoms with Crippen molar-refractivity contribution in [3.05, 3.63) is 124 Å². The smallest absolute Gasteiger partial charge is 0.0985 e. The minimum absolute atomic E-state index is 0.906. The molecular formula is C21H17N3. The number of rotatable bonds is 5. The van der Waals surface area contributed by atoms with E-state index in [0.29, 0.717) is 0 Å². The van der Waals surface area contributed by atoms with Gasteiger partial charge >= 0.3 is 0 Å². The average molecular weight is 311 g/mol. The van der Waals surface area contributed by atoms with Gasteiger partial charge in [0.2, 0.25) is 0 Å². The summed E-state index contributed by atoms with van der Waals surface area (Å²) in [6.07, 6.45) is 1.80. The molecular weight excluding hydrogens is 294 g/mol. The normalized spacial score (nSPS) is 10.7. The molecule has 0 heterocycles. The van der Waals surface area contributed by atoms with Crippen LogP contribution in [-0.4, -0.2) is 0 Å². The molecule has 0 radical (unpaired) electrons. The zero-order valence-corrected chi connectivity index (χ0v) is 13.2. The van der Waals surface area contributed by atoms with Gasteiger partial charge in [-0.1, -0.05) is 103 Å². The zero-order chi connectivity index (χ0) is 16.8. The van der Waals surface area contributed by atoms with Gasteiger partial charge in [-0.2, -0.15) is 0 Å². The first-order valence-corrected chi connectivity index (χ1v) is 7.71. The van der Waals surface area contributed by atoms with Crippen molar-refractivity contribution in [2.75, 3.05) is 0 Å². The Morgan fingerprint density at radius 1 is 0.750 bits per heavy atom. The van der Waals surface area contributed by atoms with Crippen molar-refractivity contribution in [1.29, 1.82) is 0 Å². The Hall–Kier alpha value is -3.29. The molecule has 3 heteroatoms. The topological polar surface area (TPSA) is 48.8 Å². The van der Waals surface area contributed by atoms with E-state index >= 15 is 0 Å². The molecule has 0 aliphatic carbocycles. The molecule has 0 aromatic heterocycles. The lowest BCUT2D eigenvalue weighted by Gasteiger charge is -2.31. The highest BCUT2D eigenvalue weighted by atomic mass is 15.2. The van der Waals surface area contributed by atoms with Gasteiger partial charge in [0, 0.05) is 4.91 Å². The Labute approximate surface area is 141 Å². The van der Waals surface area contributed by atoms with E-state index in [0.717, 1.165) is 22.3 Å². The van der Waals surface area contributed by atoms with Crippen LogP contribution in [0.3, 0.4) is 0 Å². The molecule has 0 atom stereocenters. The summed E-state index contributed by atoms with van der Waals surface area (Å²) in [6.45, 7) is 3.79. The van der Waals surface area contributed by atoms with Crippen LogP contribution in [0.4, 0.5) is 0 Å². The van der Waals surface area contributed by atoms with E-state index in [2.05, 4.69) is 16.6 Å². The fraction of sp³-hybridized carbons (Fsp3) is 0.0476. The van der Waals surface area contributed by atoms with Crippen LogP contribution in [-0.2, 0) is 5.54 Å². The van der Waals surface area contributed by atoms with Crippen LogP contribution in [0, 0.1) is 0 Å². The first-order valence-electron chi connectivity index (χ1n) is 7.71. The van der Waals surface area contributed by atoms with Gasteiger partial charge < -0.3 is 0 Å². The molecule has 3 aromatic carbocycles.